The molecule has 3 rings (SSSR count). The Hall–Kier alpha value is -1.65. The van der Waals surface area contributed by atoms with Crippen molar-refractivity contribution in [3.05, 3.63) is 57.3 Å². The second kappa shape index (κ2) is 5.77. The number of amides is 1. The third-order valence-corrected chi connectivity index (χ3v) is 4.45. The Morgan fingerprint density at radius 3 is 3.10 bits per heavy atom. The molecule has 0 spiro atoms. The molecule has 2 aromatic rings. The Kier molecular flexibility index (Phi) is 3.85. The Balaban J connectivity index is 1.83. The smallest absolute Gasteiger partial charge is 0.254 e. The highest BCUT2D eigenvalue weighted by Crippen LogP contribution is 2.20. The lowest BCUT2D eigenvalue weighted by Crippen LogP contribution is -2.30. The van der Waals surface area contributed by atoms with E-state index in [1.165, 1.54) is 16.7 Å². The van der Waals surface area contributed by atoms with Crippen molar-refractivity contribution in [2.75, 3.05) is 13.6 Å². The Morgan fingerprint density at radius 1 is 1.40 bits per heavy atom. The van der Waals surface area contributed by atoms with Gasteiger partial charge in [-0.05, 0) is 52.5 Å². The molecule has 0 bridgehead atoms. The maximum atomic E-state index is 12.7. The molecule has 2 heterocycles. The maximum absolute atomic E-state index is 12.7. The number of rotatable bonds is 3. The Morgan fingerprint density at radius 2 is 2.30 bits per heavy atom. The third-order valence-electron chi connectivity index (χ3n) is 3.72. The summed E-state index contributed by atoms with van der Waals surface area (Å²) in [7, 11) is 1.88. The highest BCUT2D eigenvalue weighted by Gasteiger charge is 2.19. The van der Waals surface area contributed by atoms with Gasteiger partial charge >= 0.3 is 0 Å². The molecule has 0 aliphatic carbocycles. The van der Waals surface area contributed by atoms with Gasteiger partial charge in [-0.1, -0.05) is 12.1 Å². The van der Waals surface area contributed by atoms with Crippen LogP contribution in [0.5, 0.6) is 0 Å². The second-order valence-corrected chi connectivity index (χ2v) is 5.94. The van der Waals surface area contributed by atoms with Gasteiger partial charge in [-0.15, -0.1) is 0 Å². The summed E-state index contributed by atoms with van der Waals surface area (Å²) in [4.78, 5) is 14.5. The minimum Gasteiger partial charge on any atom is -0.337 e. The van der Waals surface area contributed by atoms with Crippen LogP contribution in [0.4, 0.5) is 0 Å². The molecule has 0 saturated carbocycles. The van der Waals surface area contributed by atoms with Crippen molar-refractivity contribution in [3.8, 4) is 0 Å². The fourth-order valence-corrected chi connectivity index (χ4v) is 3.33. The van der Waals surface area contributed by atoms with E-state index in [2.05, 4.69) is 22.8 Å². The minimum absolute atomic E-state index is 0.120. The molecule has 1 aliphatic heterocycles. The number of carbonyl (C=O) groups excluding carboxylic acids is 1. The molecular formula is C16H18N2OS. The van der Waals surface area contributed by atoms with Crippen molar-refractivity contribution in [2.45, 2.75) is 19.5 Å². The summed E-state index contributed by atoms with van der Waals surface area (Å²) in [5, 5.41) is 7.49. The lowest BCUT2D eigenvalue weighted by molar-refractivity contribution is 0.0784. The molecular weight excluding hydrogens is 268 g/mol. The minimum atomic E-state index is 0.120. The highest BCUT2D eigenvalue weighted by molar-refractivity contribution is 7.07. The number of nitrogens with zero attached hydrogens (tertiary/aromatic N) is 1. The molecule has 1 N–H and O–H groups in total. The van der Waals surface area contributed by atoms with E-state index < -0.39 is 0 Å². The van der Waals surface area contributed by atoms with Crippen LogP contribution >= 0.6 is 11.3 Å². The van der Waals surface area contributed by atoms with Gasteiger partial charge in [-0.25, -0.2) is 0 Å². The van der Waals surface area contributed by atoms with Gasteiger partial charge in [-0.2, -0.15) is 11.3 Å². The van der Waals surface area contributed by atoms with Crippen LogP contribution < -0.4 is 5.32 Å². The molecule has 0 atom stereocenters. The van der Waals surface area contributed by atoms with E-state index >= 15 is 0 Å². The molecule has 1 aromatic carbocycles. The number of carbonyl (C=O) groups is 1. The SMILES string of the molecule is CN(Cc1ccsc1)C(=O)c1cccc2c1CCNC2. The lowest BCUT2D eigenvalue weighted by Gasteiger charge is -2.23. The predicted molar refractivity (Wildman–Crippen MR) is 82.0 cm³/mol. The number of nitrogens with one attached hydrogen (secondary N) is 1. The largest absolute Gasteiger partial charge is 0.337 e. The van der Waals surface area contributed by atoms with E-state index in [9.17, 15) is 4.79 Å². The number of hydrogen-bond acceptors (Lipinski definition) is 3. The van der Waals surface area contributed by atoms with Gasteiger partial charge in [0.25, 0.3) is 5.91 Å². The molecule has 1 aromatic heterocycles. The molecule has 0 fully saturated rings. The molecule has 0 unspecified atom stereocenters. The first-order chi connectivity index (χ1) is 9.75. The standard InChI is InChI=1S/C16H18N2OS/c1-18(10-12-6-8-20-11-12)16(19)15-4-2-3-13-9-17-7-5-14(13)15/h2-4,6,8,11,17H,5,7,9-10H2,1H3. The van der Waals surface area contributed by atoms with Crippen LogP contribution in [0.2, 0.25) is 0 Å². The quantitative estimate of drug-likeness (QED) is 0.941. The summed E-state index contributed by atoms with van der Waals surface area (Å²) in [6.07, 6.45) is 0.934. The normalized spacial score (nSPS) is 13.8. The molecule has 20 heavy (non-hydrogen) atoms. The van der Waals surface area contributed by atoms with Crippen LogP contribution in [0.1, 0.15) is 27.0 Å². The van der Waals surface area contributed by atoms with Crippen LogP contribution in [0.15, 0.2) is 35.0 Å². The van der Waals surface area contributed by atoms with E-state index in [1.807, 2.05) is 24.6 Å². The number of thiophene rings is 1. The zero-order valence-electron chi connectivity index (χ0n) is 11.6. The first-order valence-corrected chi connectivity index (χ1v) is 7.78. The third kappa shape index (κ3) is 2.62. The highest BCUT2D eigenvalue weighted by atomic mass is 32.1. The topological polar surface area (TPSA) is 32.3 Å². The summed E-state index contributed by atoms with van der Waals surface area (Å²) in [5.41, 5.74) is 4.53. The van der Waals surface area contributed by atoms with Crippen molar-refractivity contribution in [2.24, 2.45) is 0 Å². The zero-order chi connectivity index (χ0) is 13.9. The first kappa shape index (κ1) is 13.3. The molecule has 4 heteroatoms. The average Bonchev–Trinajstić information content (AvgIpc) is 2.99. The summed E-state index contributed by atoms with van der Waals surface area (Å²) in [6, 6.07) is 8.12. The Bertz CT molecular complexity index is 607. The fraction of sp³-hybridized carbons (Fsp3) is 0.312. The van der Waals surface area contributed by atoms with E-state index in [4.69, 9.17) is 0 Å². The molecule has 1 aliphatic rings. The number of fused-ring (bicyclic) bond motifs is 1. The molecule has 0 radical (unpaired) electrons. The van der Waals surface area contributed by atoms with Crippen LogP contribution in [0.3, 0.4) is 0 Å². The molecule has 0 saturated heterocycles. The van der Waals surface area contributed by atoms with Gasteiger partial charge in [0.2, 0.25) is 0 Å². The summed E-state index contributed by atoms with van der Waals surface area (Å²) in [5.74, 6) is 0.120. The summed E-state index contributed by atoms with van der Waals surface area (Å²) in [6.45, 7) is 2.49. The van der Waals surface area contributed by atoms with E-state index in [0.29, 0.717) is 6.54 Å². The lowest BCUT2D eigenvalue weighted by atomic mass is 9.95. The van der Waals surface area contributed by atoms with E-state index in [1.54, 1.807) is 16.2 Å². The van der Waals surface area contributed by atoms with Gasteiger partial charge in [0.15, 0.2) is 0 Å². The Labute approximate surface area is 123 Å². The van der Waals surface area contributed by atoms with Crippen molar-refractivity contribution in [3.63, 3.8) is 0 Å². The van der Waals surface area contributed by atoms with Crippen molar-refractivity contribution in [1.82, 2.24) is 10.2 Å². The van der Waals surface area contributed by atoms with Crippen LogP contribution in [0.25, 0.3) is 0 Å². The van der Waals surface area contributed by atoms with Gasteiger partial charge in [-0.3, -0.25) is 4.79 Å². The van der Waals surface area contributed by atoms with Gasteiger partial charge in [0.1, 0.15) is 0 Å². The molecule has 3 nitrogen and oxygen atoms in total. The van der Waals surface area contributed by atoms with Crippen molar-refractivity contribution in [1.29, 1.82) is 0 Å². The van der Waals surface area contributed by atoms with Crippen LogP contribution in [0, 0.1) is 0 Å². The summed E-state index contributed by atoms with van der Waals surface area (Å²) >= 11 is 1.67. The van der Waals surface area contributed by atoms with Crippen molar-refractivity contribution < 1.29 is 4.79 Å². The van der Waals surface area contributed by atoms with Crippen LogP contribution in [-0.2, 0) is 19.5 Å². The fourth-order valence-electron chi connectivity index (χ4n) is 2.67. The summed E-state index contributed by atoms with van der Waals surface area (Å²) < 4.78 is 0. The number of hydrogen-bond donors (Lipinski definition) is 1. The first-order valence-electron chi connectivity index (χ1n) is 6.84. The molecule has 1 amide bonds. The second-order valence-electron chi connectivity index (χ2n) is 5.16. The van der Waals surface area contributed by atoms with Gasteiger partial charge in [0.05, 0.1) is 0 Å². The zero-order valence-corrected chi connectivity index (χ0v) is 12.4. The van der Waals surface area contributed by atoms with Crippen LogP contribution in [-0.4, -0.2) is 24.4 Å². The number of benzene rings is 1. The monoisotopic (exact) mass is 286 g/mol. The average molecular weight is 286 g/mol. The molecule has 104 valence electrons. The maximum Gasteiger partial charge on any atom is 0.254 e. The van der Waals surface area contributed by atoms with Gasteiger partial charge < -0.3 is 10.2 Å². The van der Waals surface area contributed by atoms with Crippen molar-refractivity contribution >= 4 is 17.2 Å². The van der Waals surface area contributed by atoms with Gasteiger partial charge in [0, 0.05) is 25.7 Å². The van der Waals surface area contributed by atoms with E-state index in [0.717, 1.165) is 25.1 Å². The predicted octanol–water partition coefficient (Wildman–Crippen LogP) is 2.67. The van der Waals surface area contributed by atoms with E-state index in [-0.39, 0.29) is 5.91 Å².